The lowest BCUT2D eigenvalue weighted by atomic mass is 9.87. The van der Waals surface area contributed by atoms with Gasteiger partial charge in [0.15, 0.2) is 11.4 Å². The number of halogens is 1. The lowest BCUT2D eigenvalue weighted by molar-refractivity contribution is -0.124. The lowest BCUT2D eigenvalue weighted by Gasteiger charge is -2.27. The molecule has 5 rings (SSSR count). The molecular formula is C26H28FN3O4. The number of urea groups is 1. The number of hydrogen-bond donors (Lipinski definition) is 3. The minimum atomic E-state index is -1.48. The number of rotatable bonds is 7. The van der Waals surface area contributed by atoms with Gasteiger partial charge in [-0.25, -0.2) is 9.18 Å². The highest BCUT2D eigenvalue weighted by Crippen LogP contribution is 2.35. The third-order valence-electron chi connectivity index (χ3n) is 7.04. The molecular weight excluding hydrogens is 437 g/mol. The molecule has 1 aliphatic carbocycles. The molecule has 0 bridgehead atoms. The van der Waals surface area contributed by atoms with Gasteiger partial charge in [-0.3, -0.25) is 10.1 Å². The van der Waals surface area contributed by atoms with Crippen LogP contribution in [0.1, 0.15) is 44.1 Å². The molecule has 2 aromatic carbocycles. The molecule has 34 heavy (non-hydrogen) atoms. The lowest BCUT2D eigenvalue weighted by Crippen LogP contribution is -2.47. The van der Waals surface area contributed by atoms with Crippen molar-refractivity contribution in [3.05, 3.63) is 60.0 Å². The molecule has 0 radical (unpaired) electrons. The standard InChI is InChI=1S/C26H28FN3O4/c27-20-8-6-19(7-9-20)26(24(32)28-25(33)29-26)16-30-15-18-14-21(10-11-22(18)23(30)31)34-13-12-17-4-2-1-3-5-17/h6-11,14-15,17,31H,1-5,12-13,16H2,(H2,28,29,32,33). The fourth-order valence-corrected chi connectivity index (χ4v) is 5.15. The smallest absolute Gasteiger partial charge is 0.322 e. The molecule has 178 valence electrons. The first-order valence-corrected chi connectivity index (χ1v) is 11.8. The van der Waals surface area contributed by atoms with Crippen molar-refractivity contribution in [2.24, 2.45) is 5.92 Å². The van der Waals surface area contributed by atoms with Crippen LogP contribution in [0.3, 0.4) is 0 Å². The van der Waals surface area contributed by atoms with Crippen LogP contribution >= 0.6 is 0 Å². The molecule has 3 amide bonds. The van der Waals surface area contributed by atoms with Gasteiger partial charge in [0.25, 0.3) is 5.91 Å². The molecule has 2 aliphatic rings. The van der Waals surface area contributed by atoms with E-state index < -0.39 is 23.3 Å². The van der Waals surface area contributed by atoms with Crippen molar-refractivity contribution in [1.29, 1.82) is 0 Å². The van der Waals surface area contributed by atoms with Gasteiger partial charge in [-0.2, -0.15) is 0 Å². The van der Waals surface area contributed by atoms with E-state index in [0.717, 1.165) is 23.5 Å². The maximum absolute atomic E-state index is 13.5. The van der Waals surface area contributed by atoms with Crippen LogP contribution < -0.4 is 15.4 Å². The highest BCUT2D eigenvalue weighted by molar-refractivity contribution is 6.07. The number of benzene rings is 2. The maximum atomic E-state index is 13.5. The van der Waals surface area contributed by atoms with Crippen LogP contribution in [0.4, 0.5) is 9.18 Å². The van der Waals surface area contributed by atoms with E-state index in [0.29, 0.717) is 17.6 Å². The van der Waals surface area contributed by atoms with Crippen molar-refractivity contribution in [3.8, 4) is 11.6 Å². The van der Waals surface area contributed by atoms with E-state index in [9.17, 15) is 19.1 Å². The molecule has 3 N–H and O–H groups in total. The summed E-state index contributed by atoms with van der Waals surface area (Å²) in [6.07, 6.45) is 9.27. The number of nitrogens with one attached hydrogen (secondary N) is 2. The number of fused-ring (bicyclic) bond motifs is 1. The Balaban J connectivity index is 1.38. The highest BCUT2D eigenvalue weighted by Gasteiger charge is 2.48. The molecule has 8 heteroatoms. The quantitative estimate of drug-likeness (QED) is 0.446. The first-order chi connectivity index (χ1) is 16.4. The van der Waals surface area contributed by atoms with Crippen LogP contribution in [-0.4, -0.2) is 28.2 Å². The van der Waals surface area contributed by atoms with Crippen LogP contribution in [0, 0.1) is 11.7 Å². The number of aromatic hydroxyl groups is 1. The van der Waals surface area contributed by atoms with Gasteiger partial charge in [0.05, 0.1) is 13.2 Å². The number of hydrogen-bond acceptors (Lipinski definition) is 4. The van der Waals surface area contributed by atoms with Gasteiger partial charge in [-0.15, -0.1) is 0 Å². The van der Waals surface area contributed by atoms with Gasteiger partial charge in [-0.05, 0) is 48.2 Å². The molecule has 1 atom stereocenters. The first-order valence-electron chi connectivity index (χ1n) is 11.8. The summed E-state index contributed by atoms with van der Waals surface area (Å²) in [7, 11) is 0. The van der Waals surface area contributed by atoms with Crippen molar-refractivity contribution in [3.63, 3.8) is 0 Å². The normalized spacial score (nSPS) is 21.0. The molecule has 1 unspecified atom stereocenters. The Bertz CT molecular complexity index is 1220. The van der Waals surface area contributed by atoms with Crippen LogP contribution in [-0.2, 0) is 16.9 Å². The molecule has 1 aromatic heterocycles. The van der Waals surface area contributed by atoms with Gasteiger partial charge in [0, 0.05) is 17.0 Å². The van der Waals surface area contributed by atoms with E-state index >= 15 is 0 Å². The number of amides is 3. The first kappa shape index (κ1) is 22.3. The summed E-state index contributed by atoms with van der Waals surface area (Å²) in [6, 6.07) is 10.2. The van der Waals surface area contributed by atoms with Crippen molar-refractivity contribution < 1.29 is 23.8 Å². The second-order valence-corrected chi connectivity index (χ2v) is 9.29. The Kier molecular flexibility index (Phi) is 5.89. The van der Waals surface area contributed by atoms with Crippen LogP contribution in [0.2, 0.25) is 0 Å². The number of nitrogens with zero attached hydrogens (tertiary/aromatic N) is 1. The molecule has 1 saturated heterocycles. The largest absolute Gasteiger partial charge is 0.494 e. The number of imide groups is 1. The fourth-order valence-electron chi connectivity index (χ4n) is 5.15. The summed E-state index contributed by atoms with van der Waals surface area (Å²) in [5, 5.41) is 17.1. The van der Waals surface area contributed by atoms with Crippen LogP contribution in [0.5, 0.6) is 11.6 Å². The van der Waals surface area contributed by atoms with Gasteiger partial charge >= 0.3 is 6.03 Å². The molecule has 0 spiro atoms. The SMILES string of the molecule is O=C1NC(=O)C(Cn2cc3cc(OCCC4CCCCC4)ccc3c2O)(c2ccc(F)cc2)N1. The Hall–Kier alpha value is -3.55. The zero-order valence-corrected chi connectivity index (χ0v) is 18.9. The average molecular weight is 466 g/mol. The molecule has 3 aromatic rings. The Labute approximate surface area is 196 Å². The summed E-state index contributed by atoms with van der Waals surface area (Å²) < 4.78 is 21.0. The van der Waals surface area contributed by atoms with Crippen LogP contribution in [0.15, 0.2) is 48.7 Å². The van der Waals surface area contributed by atoms with E-state index in [1.807, 2.05) is 12.1 Å². The van der Waals surface area contributed by atoms with Gasteiger partial charge < -0.3 is 19.7 Å². The summed E-state index contributed by atoms with van der Waals surface area (Å²) >= 11 is 0. The number of aromatic nitrogens is 1. The van der Waals surface area contributed by atoms with E-state index in [1.165, 1.54) is 60.9 Å². The molecule has 2 fully saturated rings. The maximum Gasteiger partial charge on any atom is 0.322 e. The van der Waals surface area contributed by atoms with Gasteiger partial charge in [-0.1, -0.05) is 44.2 Å². The molecule has 1 aliphatic heterocycles. The zero-order valence-electron chi connectivity index (χ0n) is 18.9. The second kappa shape index (κ2) is 9.00. The van der Waals surface area contributed by atoms with Crippen LogP contribution in [0.25, 0.3) is 10.8 Å². The molecule has 1 saturated carbocycles. The topological polar surface area (TPSA) is 92.6 Å². The Morgan fingerprint density at radius 1 is 1.09 bits per heavy atom. The fraction of sp³-hybridized carbons (Fsp3) is 0.385. The van der Waals surface area contributed by atoms with Crippen molar-refractivity contribution >= 4 is 22.7 Å². The Morgan fingerprint density at radius 2 is 1.85 bits per heavy atom. The minimum Gasteiger partial charge on any atom is -0.494 e. The number of carbonyl (C=O) groups excluding carboxylic acids is 2. The van der Waals surface area contributed by atoms with Crippen molar-refractivity contribution in [2.45, 2.75) is 50.6 Å². The monoisotopic (exact) mass is 465 g/mol. The van der Waals surface area contributed by atoms with Crippen molar-refractivity contribution in [2.75, 3.05) is 6.61 Å². The van der Waals surface area contributed by atoms with E-state index in [-0.39, 0.29) is 12.4 Å². The highest BCUT2D eigenvalue weighted by atomic mass is 19.1. The minimum absolute atomic E-state index is 0.0285. The summed E-state index contributed by atoms with van der Waals surface area (Å²) in [6.45, 7) is 0.595. The van der Waals surface area contributed by atoms with Crippen molar-refractivity contribution in [1.82, 2.24) is 15.2 Å². The molecule has 7 nitrogen and oxygen atoms in total. The Morgan fingerprint density at radius 3 is 2.56 bits per heavy atom. The predicted molar refractivity (Wildman–Crippen MR) is 125 cm³/mol. The predicted octanol–water partition coefficient (Wildman–Crippen LogP) is 4.57. The van der Waals surface area contributed by atoms with E-state index in [1.54, 1.807) is 12.3 Å². The number of ether oxygens (including phenoxy) is 1. The summed E-state index contributed by atoms with van der Waals surface area (Å²) in [5.74, 6) is 0.417. The van der Waals surface area contributed by atoms with Gasteiger partial charge in [0.2, 0.25) is 0 Å². The summed E-state index contributed by atoms with van der Waals surface area (Å²) in [4.78, 5) is 24.8. The molecule has 2 heterocycles. The third-order valence-corrected chi connectivity index (χ3v) is 7.04. The average Bonchev–Trinajstić information content (AvgIpc) is 3.30. The van der Waals surface area contributed by atoms with Gasteiger partial charge in [0.1, 0.15) is 11.6 Å². The third kappa shape index (κ3) is 4.20. The zero-order chi connectivity index (χ0) is 23.7. The van der Waals surface area contributed by atoms with E-state index in [4.69, 9.17) is 4.74 Å². The van der Waals surface area contributed by atoms with E-state index in [2.05, 4.69) is 10.6 Å². The number of carbonyl (C=O) groups is 2. The summed E-state index contributed by atoms with van der Waals surface area (Å²) in [5.41, 5.74) is -1.06. The second-order valence-electron chi connectivity index (χ2n) is 9.29.